The summed E-state index contributed by atoms with van der Waals surface area (Å²) in [5.74, 6) is 0.290. The number of carbonyl (C=O) groups is 1. The summed E-state index contributed by atoms with van der Waals surface area (Å²) in [5, 5.41) is 1.24. The summed E-state index contributed by atoms with van der Waals surface area (Å²) >= 11 is 1.32. The molecule has 0 fully saturated rings. The van der Waals surface area contributed by atoms with E-state index in [4.69, 9.17) is 0 Å². The van der Waals surface area contributed by atoms with E-state index in [2.05, 4.69) is 11.9 Å². The number of benzene rings is 1. The molecule has 0 saturated heterocycles. The molecule has 0 bridgehead atoms. The molecule has 1 aromatic carbocycles. The van der Waals surface area contributed by atoms with Gasteiger partial charge in [-0.2, -0.15) is 0 Å². The molecule has 0 saturated carbocycles. The van der Waals surface area contributed by atoms with Gasteiger partial charge in [0.1, 0.15) is 0 Å². The van der Waals surface area contributed by atoms with Crippen molar-refractivity contribution >= 4 is 28.6 Å². The van der Waals surface area contributed by atoms with Crippen LogP contribution in [-0.4, -0.2) is 40.2 Å². The van der Waals surface area contributed by atoms with Gasteiger partial charge in [0.25, 0.3) is 5.56 Å². The third-order valence-electron chi connectivity index (χ3n) is 3.39. The van der Waals surface area contributed by atoms with Gasteiger partial charge in [-0.25, -0.2) is 4.98 Å². The number of hydrogen-bond donors (Lipinski definition) is 0. The van der Waals surface area contributed by atoms with Crippen molar-refractivity contribution < 1.29 is 4.79 Å². The van der Waals surface area contributed by atoms with Crippen molar-refractivity contribution in [3.05, 3.63) is 34.6 Å². The number of para-hydroxylation sites is 1. The van der Waals surface area contributed by atoms with Crippen LogP contribution in [-0.2, 0) is 11.3 Å². The molecule has 0 unspecified atom stereocenters. The van der Waals surface area contributed by atoms with Gasteiger partial charge in [0.05, 0.1) is 16.7 Å². The van der Waals surface area contributed by atoms with Gasteiger partial charge < -0.3 is 4.90 Å². The summed E-state index contributed by atoms with van der Waals surface area (Å²) in [6.45, 7) is 2.72. The van der Waals surface area contributed by atoms with Crippen LogP contribution in [0.3, 0.4) is 0 Å². The molecule has 1 amide bonds. The fourth-order valence-corrected chi connectivity index (χ4v) is 3.03. The Balaban J connectivity index is 2.41. The highest BCUT2D eigenvalue weighted by Crippen LogP contribution is 2.18. The fourth-order valence-electron chi connectivity index (χ4n) is 2.03. The summed E-state index contributed by atoms with van der Waals surface area (Å²) in [5.41, 5.74) is 0.652. The first-order valence-electron chi connectivity index (χ1n) is 7.37. The van der Waals surface area contributed by atoms with Crippen LogP contribution < -0.4 is 5.56 Å². The molecule has 0 spiro atoms. The van der Waals surface area contributed by atoms with Crippen LogP contribution in [0.5, 0.6) is 0 Å². The predicted octanol–water partition coefficient (Wildman–Crippen LogP) is 2.38. The summed E-state index contributed by atoms with van der Waals surface area (Å²) in [4.78, 5) is 30.5. The Bertz CT molecular complexity index is 725. The number of aromatic nitrogens is 2. The summed E-state index contributed by atoms with van der Waals surface area (Å²) in [6, 6.07) is 7.34. The number of amides is 1. The zero-order valence-electron chi connectivity index (χ0n) is 13.2. The Hall–Kier alpha value is -1.82. The second-order valence-electron chi connectivity index (χ2n) is 5.30. The minimum Gasteiger partial charge on any atom is -0.348 e. The van der Waals surface area contributed by atoms with E-state index < -0.39 is 0 Å². The maximum atomic E-state index is 12.6. The second-order valence-corrected chi connectivity index (χ2v) is 6.24. The van der Waals surface area contributed by atoms with Gasteiger partial charge >= 0.3 is 0 Å². The third-order valence-corrected chi connectivity index (χ3v) is 4.35. The molecule has 118 valence electrons. The lowest BCUT2D eigenvalue weighted by Gasteiger charge is -2.14. The lowest BCUT2D eigenvalue weighted by atomic mass is 10.2. The Kier molecular flexibility index (Phi) is 5.60. The molecule has 2 rings (SSSR count). The van der Waals surface area contributed by atoms with E-state index in [9.17, 15) is 9.59 Å². The average Bonchev–Trinajstić information content (AvgIpc) is 2.51. The van der Waals surface area contributed by atoms with Gasteiger partial charge in [-0.05, 0) is 18.6 Å². The number of fused-ring (bicyclic) bond motifs is 1. The van der Waals surface area contributed by atoms with Gasteiger partial charge in [0.15, 0.2) is 5.16 Å². The highest BCUT2D eigenvalue weighted by Gasteiger charge is 2.13. The quantitative estimate of drug-likeness (QED) is 0.606. The topological polar surface area (TPSA) is 55.2 Å². The minimum atomic E-state index is -0.0288. The van der Waals surface area contributed by atoms with E-state index in [0.29, 0.717) is 22.6 Å². The first kappa shape index (κ1) is 16.5. The number of hydrogen-bond acceptors (Lipinski definition) is 4. The van der Waals surface area contributed by atoms with Gasteiger partial charge in [0.2, 0.25) is 5.91 Å². The third kappa shape index (κ3) is 3.68. The summed E-state index contributed by atoms with van der Waals surface area (Å²) < 4.78 is 1.69. The molecule has 0 N–H and O–H groups in total. The number of rotatable bonds is 6. The SMILES string of the molecule is CCCCn1c(SCC(=O)N(C)C)nc2ccccc2c1=O. The van der Waals surface area contributed by atoms with E-state index in [1.54, 1.807) is 29.6 Å². The molecule has 1 aromatic heterocycles. The van der Waals surface area contributed by atoms with E-state index in [1.807, 2.05) is 18.2 Å². The van der Waals surface area contributed by atoms with Crippen molar-refractivity contribution in [1.82, 2.24) is 14.5 Å². The van der Waals surface area contributed by atoms with Crippen LogP contribution in [0.4, 0.5) is 0 Å². The van der Waals surface area contributed by atoms with Crippen molar-refractivity contribution in [3.8, 4) is 0 Å². The van der Waals surface area contributed by atoms with Crippen LogP contribution in [0, 0.1) is 0 Å². The molecule has 5 nitrogen and oxygen atoms in total. The van der Waals surface area contributed by atoms with Crippen molar-refractivity contribution in [1.29, 1.82) is 0 Å². The van der Waals surface area contributed by atoms with E-state index in [1.165, 1.54) is 11.8 Å². The molecular weight excluding hydrogens is 298 g/mol. The molecule has 0 aliphatic carbocycles. The summed E-state index contributed by atoms with van der Waals surface area (Å²) in [6.07, 6.45) is 1.91. The van der Waals surface area contributed by atoms with Gasteiger partial charge in [0, 0.05) is 20.6 Å². The Morgan fingerprint density at radius 3 is 2.73 bits per heavy atom. The molecule has 6 heteroatoms. The lowest BCUT2D eigenvalue weighted by Crippen LogP contribution is -2.26. The maximum Gasteiger partial charge on any atom is 0.262 e. The second kappa shape index (κ2) is 7.45. The van der Waals surface area contributed by atoms with Gasteiger partial charge in [-0.15, -0.1) is 0 Å². The lowest BCUT2D eigenvalue weighted by molar-refractivity contribution is -0.125. The van der Waals surface area contributed by atoms with Crippen LogP contribution in [0.15, 0.2) is 34.2 Å². The van der Waals surface area contributed by atoms with Crippen molar-refractivity contribution in [3.63, 3.8) is 0 Å². The smallest absolute Gasteiger partial charge is 0.262 e. The fraction of sp³-hybridized carbons (Fsp3) is 0.438. The first-order valence-corrected chi connectivity index (χ1v) is 8.35. The molecule has 0 aliphatic rings. The molecule has 22 heavy (non-hydrogen) atoms. The van der Waals surface area contributed by atoms with Crippen LogP contribution >= 0.6 is 11.8 Å². The standard InChI is InChI=1S/C16H21N3O2S/c1-4-5-10-19-15(21)12-8-6-7-9-13(12)17-16(19)22-11-14(20)18(2)3/h6-9H,4-5,10-11H2,1-3H3. The molecule has 0 aliphatic heterocycles. The van der Waals surface area contributed by atoms with Crippen molar-refractivity contribution in [2.24, 2.45) is 0 Å². The van der Waals surface area contributed by atoms with Crippen molar-refractivity contribution in [2.75, 3.05) is 19.8 Å². The maximum absolute atomic E-state index is 12.6. The minimum absolute atomic E-state index is 0.00875. The number of carbonyl (C=O) groups excluding carboxylic acids is 1. The molecule has 2 aromatic rings. The predicted molar refractivity (Wildman–Crippen MR) is 90.3 cm³/mol. The highest BCUT2D eigenvalue weighted by molar-refractivity contribution is 7.99. The number of unbranched alkanes of at least 4 members (excludes halogenated alkanes) is 1. The zero-order chi connectivity index (χ0) is 16.1. The van der Waals surface area contributed by atoms with E-state index in [-0.39, 0.29) is 17.2 Å². The molecule has 1 heterocycles. The highest BCUT2D eigenvalue weighted by atomic mass is 32.2. The van der Waals surface area contributed by atoms with Gasteiger partial charge in [-0.3, -0.25) is 14.2 Å². The largest absolute Gasteiger partial charge is 0.348 e. The Morgan fingerprint density at radius 2 is 2.05 bits per heavy atom. The van der Waals surface area contributed by atoms with Crippen LogP contribution in [0.2, 0.25) is 0 Å². The Morgan fingerprint density at radius 1 is 1.32 bits per heavy atom. The molecule has 0 radical (unpaired) electrons. The normalized spacial score (nSPS) is 10.9. The van der Waals surface area contributed by atoms with Crippen molar-refractivity contribution in [2.45, 2.75) is 31.5 Å². The number of nitrogens with zero attached hydrogens (tertiary/aromatic N) is 3. The van der Waals surface area contributed by atoms with Crippen LogP contribution in [0.1, 0.15) is 19.8 Å². The average molecular weight is 319 g/mol. The Labute approximate surface area is 134 Å². The zero-order valence-corrected chi connectivity index (χ0v) is 14.0. The summed E-state index contributed by atoms with van der Waals surface area (Å²) in [7, 11) is 3.45. The molecular formula is C16H21N3O2S. The van der Waals surface area contributed by atoms with E-state index >= 15 is 0 Å². The number of thioether (sulfide) groups is 1. The van der Waals surface area contributed by atoms with Crippen LogP contribution in [0.25, 0.3) is 10.9 Å². The monoisotopic (exact) mass is 319 g/mol. The van der Waals surface area contributed by atoms with E-state index in [0.717, 1.165) is 12.8 Å². The van der Waals surface area contributed by atoms with Gasteiger partial charge in [-0.1, -0.05) is 37.2 Å². The first-order chi connectivity index (χ1) is 10.5. The molecule has 0 atom stereocenters.